The van der Waals surface area contributed by atoms with Crippen LogP contribution < -0.4 is 11.1 Å². The SMILES string of the molecule is CCC(C)C(C)NC(=O)c1csc(CN)n1. The molecular formula is C11H19N3OS. The fourth-order valence-electron chi connectivity index (χ4n) is 1.29. The lowest BCUT2D eigenvalue weighted by Crippen LogP contribution is -2.37. The van der Waals surface area contributed by atoms with Gasteiger partial charge in [-0.1, -0.05) is 20.3 Å². The van der Waals surface area contributed by atoms with Gasteiger partial charge in [-0.2, -0.15) is 0 Å². The van der Waals surface area contributed by atoms with Gasteiger partial charge in [0.05, 0.1) is 0 Å². The van der Waals surface area contributed by atoms with Crippen LogP contribution in [-0.4, -0.2) is 16.9 Å². The maximum Gasteiger partial charge on any atom is 0.270 e. The van der Waals surface area contributed by atoms with Crippen molar-refractivity contribution in [2.24, 2.45) is 11.7 Å². The quantitative estimate of drug-likeness (QED) is 0.825. The molecule has 0 bridgehead atoms. The van der Waals surface area contributed by atoms with Crippen LogP contribution >= 0.6 is 11.3 Å². The molecule has 0 aliphatic carbocycles. The standard InChI is InChI=1S/C11H19N3OS/c1-4-7(2)8(3)13-11(15)9-6-16-10(5-12)14-9/h6-8H,4-5,12H2,1-3H3,(H,13,15). The monoisotopic (exact) mass is 241 g/mol. The molecule has 1 aromatic heterocycles. The summed E-state index contributed by atoms with van der Waals surface area (Å²) in [6.45, 7) is 6.64. The van der Waals surface area contributed by atoms with Gasteiger partial charge in [0, 0.05) is 18.0 Å². The number of hydrogen-bond donors (Lipinski definition) is 2. The molecule has 0 aliphatic heterocycles. The predicted molar refractivity (Wildman–Crippen MR) is 66.4 cm³/mol. The van der Waals surface area contributed by atoms with Crippen LogP contribution in [-0.2, 0) is 6.54 Å². The first-order chi connectivity index (χ1) is 7.58. The highest BCUT2D eigenvalue weighted by atomic mass is 32.1. The van der Waals surface area contributed by atoms with Gasteiger partial charge in [-0.05, 0) is 12.8 Å². The second-order valence-corrected chi connectivity index (χ2v) is 4.92. The van der Waals surface area contributed by atoms with Crippen LogP contribution in [0.15, 0.2) is 5.38 Å². The number of nitrogens with two attached hydrogens (primary N) is 1. The second kappa shape index (κ2) is 5.96. The number of thiazole rings is 1. The maximum absolute atomic E-state index is 11.8. The topological polar surface area (TPSA) is 68.0 Å². The molecule has 1 heterocycles. The zero-order valence-corrected chi connectivity index (χ0v) is 10.8. The van der Waals surface area contributed by atoms with Gasteiger partial charge in [0.25, 0.3) is 5.91 Å². The van der Waals surface area contributed by atoms with E-state index in [4.69, 9.17) is 5.73 Å². The van der Waals surface area contributed by atoms with E-state index in [1.165, 1.54) is 11.3 Å². The van der Waals surface area contributed by atoms with E-state index >= 15 is 0 Å². The molecule has 2 atom stereocenters. The van der Waals surface area contributed by atoms with E-state index in [9.17, 15) is 4.79 Å². The molecule has 0 fully saturated rings. The van der Waals surface area contributed by atoms with Gasteiger partial charge < -0.3 is 11.1 Å². The molecule has 1 amide bonds. The first-order valence-electron chi connectivity index (χ1n) is 5.53. The van der Waals surface area contributed by atoms with Gasteiger partial charge in [0.15, 0.2) is 0 Å². The number of rotatable bonds is 5. The number of amides is 1. The van der Waals surface area contributed by atoms with Gasteiger partial charge in [0.1, 0.15) is 10.7 Å². The summed E-state index contributed by atoms with van der Waals surface area (Å²) in [5.41, 5.74) is 5.92. The minimum atomic E-state index is -0.108. The van der Waals surface area contributed by atoms with Gasteiger partial charge in [-0.25, -0.2) is 4.98 Å². The van der Waals surface area contributed by atoms with E-state index in [-0.39, 0.29) is 11.9 Å². The Balaban J connectivity index is 2.58. The number of nitrogens with one attached hydrogen (secondary N) is 1. The number of hydrogen-bond acceptors (Lipinski definition) is 4. The molecule has 3 N–H and O–H groups in total. The van der Waals surface area contributed by atoms with Gasteiger partial charge in [-0.3, -0.25) is 4.79 Å². The summed E-state index contributed by atoms with van der Waals surface area (Å²) < 4.78 is 0. The van der Waals surface area contributed by atoms with Crippen LogP contribution in [0.2, 0.25) is 0 Å². The summed E-state index contributed by atoms with van der Waals surface area (Å²) in [5, 5.41) is 5.49. The van der Waals surface area contributed by atoms with E-state index < -0.39 is 0 Å². The third-order valence-corrected chi connectivity index (χ3v) is 3.69. The first-order valence-corrected chi connectivity index (χ1v) is 6.41. The summed E-state index contributed by atoms with van der Waals surface area (Å²) in [6.07, 6.45) is 1.05. The maximum atomic E-state index is 11.8. The molecule has 0 radical (unpaired) electrons. The highest BCUT2D eigenvalue weighted by Gasteiger charge is 2.16. The summed E-state index contributed by atoms with van der Waals surface area (Å²) in [5.74, 6) is 0.361. The van der Waals surface area contributed by atoms with E-state index in [1.54, 1.807) is 5.38 Å². The molecule has 5 heteroatoms. The highest BCUT2D eigenvalue weighted by molar-refractivity contribution is 7.09. The summed E-state index contributed by atoms with van der Waals surface area (Å²) in [7, 11) is 0. The molecule has 4 nitrogen and oxygen atoms in total. The third-order valence-electron chi connectivity index (χ3n) is 2.82. The zero-order chi connectivity index (χ0) is 12.1. The molecule has 2 unspecified atom stereocenters. The smallest absolute Gasteiger partial charge is 0.270 e. The van der Waals surface area contributed by atoms with Crippen LogP contribution in [0.5, 0.6) is 0 Å². The third kappa shape index (κ3) is 3.28. The van der Waals surface area contributed by atoms with Gasteiger partial charge >= 0.3 is 0 Å². The van der Waals surface area contributed by atoms with Crippen molar-refractivity contribution >= 4 is 17.2 Å². The van der Waals surface area contributed by atoms with Gasteiger partial charge in [0.2, 0.25) is 0 Å². The van der Waals surface area contributed by atoms with E-state index in [1.807, 2.05) is 6.92 Å². The molecule has 0 aromatic carbocycles. The van der Waals surface area contributed by atoms with Crippen LogP contribution in [0.4, 0.5) is 0 Å². The van der Waals surface area contributed by atoms with Crippen molar-refractivity contribution < 1.29 is 4.79 Å². The van der Waals surface area contributed by atoms with E-state index in [2.05, 4.69) is 24.1 Å². The van der Waals surface area contributed by atoms with Crippen molar-refractivity contribution in [2.75, 3.05) is 0 Å². The number of nitrogens with zero attached hydrogens (tertiary/aromatic N) is 1. The van der Waals surface area contributed by atoms with E-state index in [0.717, 1.165) is 11.4 Å². The van der Waals surface area contributed by atoms with Crippen molar-refractivity contribution in [2.45, 2.75) is 39.8 Å². The minimum absolute atomic E-state index is 0.108. The van der Waals surface area contributed by atoms with Crippen molar-refractivity contribution in [1.82, 2.24) is 10.3 Å². The van der Waals surface area contributed by atoms with Crippen LogP contribution in [0.1, 0.15) is 42.7 Å². The Bertz CT molecular complexity index is 351. The average molecular weight is 241 g/mol. The van der Waals surface area contributed by atoms with Crippen molar-refractivity contribution in [3.05, 3.63) is 16.1 Å². The van der Waals surface area contributed by atoms with Crippen molar-refractivity contribution in [1.29, 1.82) is 0 Å². The van der Waals surface area contributed by atoms with Crippen molar-refractivity contribution in [3.8, 4) is 0 Å². The molecule has 0 saturated heterocycles. The van der Waals surface area contributed by atoms with Gasteiger partial charge in [-0.15, -0.1) is 11.3 Å². The largest absolute Gasteiger partial charge is 0.348 e. The Labute approximate surface area is 100 Å². The van der Waals surface area contributed by atoms with Crippen LogP contribution in [0.3, 0.4) is 0 Å². The Morgan fingerprint density at radius 1 is 1.62 bits per heavy atom. The molecule has 90 valence electrons. The number of carbonyl (C=O) groups is 1. The molecule has 0 spiro atoms. The first kappa shape index (κ1) is 13.1. The predicted octanol–water partition coefficient (Wildman–Crippen LogP) is 1.77. The molecular weight excluding hydrogens is 222 g/mol. The summed E-state index contributed by atoms with van der Waals surface area (Å²) >= 11 is 1.42. The lowest BCUT2D eigenvalue weighted by Gasteiger charge is -2.19. The lowest BCUT2D eigenvalue weighted by atomic mass is 10.0. The second-order valence-electron chi connectivity index (χ2n) is 3.98. The van der Waals surface area contributed by atoms with Crippen LogP contribution in [0, 0.1) is 5.92 Å². The lowest BCUT2D eigenvalue weighted by molar-refractivity contribution is 0.0923. The summed E-state index contributed by atoms with van der Waals surface area (Å²) in [4.78, 5) is 15.9. The Morgan fingerprint density at radius 2 is 2.31 bits per heavy atom. The Kier molecular flexibility index (Phi) is 4.89. The molecule has 1 aromatic rings. The number of aromatic nitrogens is 1. The van der Waals surface area contributed by atoms with Crippen LogP contribution in [0.25, 0.3) is 0 Å². The Morgan fingerprint density at radius 3 is 2.81 bits per heavy atom. The summed E-state index contributed by atoms with van der Waals surface area (Å²) in [6, 6.07) is 0.167. The van der Waals surface area contributed by atoms with E-state index in [0.29, 0.717) is 18.2 Å². The zero-order valence-electron chi connectivity index (χ0n) is 9.99. The molecule has 16 heavy (non-hydrogen) atoms. The molecule has 0 saturated carbocycles. The Hall–Kier alpha value is -0.940. The average Bonchev–Trinajstić information content (AvgIpc) is 2.76. The fourth-order valence-corrected chi connectivity index (χ4v) is 1.94. The van der Waals surface area contributed by atoms with Crippen molar-refractivity contribution in [3.63, 3.8) is 0 Å². The fraction of sp³-hybridized carbons (Fsp3) is 0.636. The molecule has 1 rings (SSSR count). The normalized spacial score (nSPS) is 14.5. The molecule has 0 aliphatic rings. The number of carbonyl (C=O) groups excluding carboxylic acids is 1. The highest BCUT2D eigenvalue weighted by Crippen LogP contribution is 2.11. The minimum Gasteiger partial charge on any atom is -0.348 e.